The van der Waals surface area contributed by atoms with Crippen LogP contribution in [0.5, 0.6) is 0 Å². The van der Waals surface area contributed by atoms with E-state index in [4.69, 9.17) is 9.47 Å². The maximum absolute atomic E-state index is 9.86. The summed E-state index contributed by atoms with van der Waals surface area (Å²) in [5.74, 6) is -0.000735. The molecule has 4 nitrogen and oxygen atoms in total. The normalized spacial score (nSPS) is 26.6. The Balaban J connectivity index is 1.70. The highest BCUT2D eigenvalue weighted by Gasteiger charge is 2.44. The lowest BCUT2D eigenvalue weighted by Crippen LogP contribution is -2.50. The molecule has 1 aliphatic carbocycles. The molecule has 130 valence electrons. The summed E-state index contributed by atoms with van der Waals surface area (Å²) in [7, 11) is 1.72. The van der Waals surface area contributed by atoms with Gasteiger partial charge in [0, 0.05) is 18.4 Å². The van der Waals surface area contributed by atoms with Crippen LogP contribution in [0.3, 0.4) is 0 Å². The second kappa shape index (κ2) is 7.18. The van der Waals surface area contributed by atoms with Crippen molar-refractivity contribution in [3.05, 3.63) is 42.1 Å². The Bertz CT molecular complexity index is 685. The molecular weight excluding hydrogens is 302 g/mol. The van der Waals surface area contributed by atoms with Crippen LogP contribution in [0.1, 0.15) is 32.4 Å². The quantitative estimate of drug-likeness (QED) is 0.911. The molecule has 1 heterocycles. The number of fused-ring (bicyclic) bond motifs is 1. The first kappa shape index (κ1) is 17.3. The standard InChI is InChI=1S/C20H27NO3/c1-20(2)11-10-18(16(12-22)19(20)23-3)24-13-15-9-8-14-6-4-5-7-17(14)21-15/h4-9,16,18-19,22H,10-13H2,1-3H3/t16-,18+,19+/m0/s1. The number of para-hydroxylation sites is 1. The molecule has 1 aromatic carbocycles. The highest BCUT2D eigenvalue weighted by molar-refractivity contribution is 5.78. The van der Waals surface area contributed by atoms with E-state index >= 15 is 0 Å². The van der Waals surface area contributed by atoms with Crippen molar-refractivity contribution in [2.45, 2.75) is 45.5 Å². The van der Waals surface area contributed by atoms with Gasteiger partial charge in [-0.25, -0.2) is 0 Å². The van der Waals surface area contributed by atoms with Crippen LogP contribution in [-0.2, 0) is 16.1 Å². The molecule has 1 saturated carbocycles. The molecule has 2 aromatic rings. The monoisotopic (exact) mass is 329 g/mol. The number of aliphatic hydroxyl groups excluding tert-OH is 1. The van der Waals surface area contributed by atoms with Gasteiger partial charge in [0.05, 0.1) is 36.6 Å². The minimum absolute atomic E-state index is 0.000735. The summed E-state index contributed by atoms with van der Waals surface area (Å²) >= 11 is 0. The average Bonchev–Trinajstić information content (AvgIpc) is 2.59. The van der Waals surface area contributed by atoms with Gasteiger partial charge in [-0.05, 0) is 30.4 Å². The summed E-state index contributed by atoms with van der Waals surface area (Å²) in [6.45, 7) is 4.94. The topological polar surface area (TPSA) is 51.6 Å². The first-order chi connectivity index (χ1) is 11.5. The van der Waals surface area contributed by atoms with E-state index in [9.17, 15) is 5.11 Å². The number of benzene rings is 1. The van der Waals surface area contributed by atoms with Crippen molar-refractivity contribution in [2.75, 3.05) is 13.7 Å². The number of rotatable bonds is 5. The van der Waals surface area contributed by atoms with Crippen molar-refractivity contribution >= 4 is 10.9 Å². The molecule has 24 heavy (non-hydrogen) atoms. The van der Waals surface area contributed by atoms with Gasteiger partial charge in [0.25, 0.3) is 0 Å². The van der Waals surface area contributed by atoms with Crippen LogP contribution >= 0.6 is 0 Å². The molecule has 0 bridgehead atoms. The molecule has 0 unspecified atom stereocenters. The second-order valence-corrected chi connectivity index (χ2v) is 7.37. The van der Waals surface area contributed by atoms with Gasteiger partial charge in [-0.1, -0.05) is 38.1 Å². The van der Waals surface area contributed by atoms with Gasteiger partial charge in [0.1, 0.15) is 0 Å². The van der Waals surface area contributed by atoms with Gasteiger partial charge >= 0.3 is 0 Å². The molecule has 1 fully saturated rings. The molecule has 0 spiro atoms. The van der Waals surface area contributed by atoms with Crippen LogP contribution in [0.2, 0.25) is 0 Å². The second-order valence-electron chi connectivity index (χ2n) is 7.37. The fourth-order valence-electron chi connectivity index (χ4n) is 3.94. The van der Waals surface area contributed by atoms with Crippen molar-refractivity contribution in [3.63, 3.8) is 0 Å². The van der Waals surface area contributed by atoms with Gasteiger partial charge in [-0.2, -0.15) is 0 Å². The number of aromatic nitrogens is 1. The van der Waals surface area contributed by atoms with Crippen molar-refractivity contribution in [2.24, 2.45) is 11.3 Å². The average molecular weight is 329 g/mol. The van der Waals surface area contributed by atoms with Crippen molar-refractivity contribution in [3.8, 4) is 0 Å². The van der Waals surface area contributed by atoms with Gasteiger partial charge in [0.2, 0.25) is 0 Å². The first-order valence-corrected chi connectivity index (χ1v) is 8.65. The van der Waals surface area contributed by atoms with E-state index in [-0.39, 0.29) is 30.1 Å². The first-order valence-electron chi connectivity index (χ1n) is 8.65. The molecule has 0 radical (unpaired) electrons. The fraction of sp³-hybridized carbons (Fsp3) is 0.550. The Morgan fingerprint density at radius 1 is 1.21 bits per heavy atom. The lowest BCUT2D eigenvalue weighted by atomic mass is 9.68. The highest BCUT2D eigenvalue weighted by Crippen LogP contribution is 2.42. The van der Waals surface area contributed by atoms with Crippen LogP contribution in [0.25, 0.3) is 10.9 Å². The Kier molecular flexibility index (Phi) is 5.18. The minimum Gasteiger partial charge on any atom is -0.396 e. The van der Waals surface area contributed by atoms with Crippen molar-refractivity contribution in [1.29, 1.82) is 0 Å². The van der Waals surface area contributed by atoms with E-state index in [1.807, 2.05) is 24.3 Å². The Labute approximate surface area is 143 Å². The van der Waals surface area contributed by atoms with Gasteiger partial charge in [0.15, 0.2) is 0 Å². The Morgan fingerprint density at radius 2 is 2.00 bits per heavy atom. The fourth-order valence-corrected chi connectivity index (χ4v) is 3.94. The van der Waals surface area contributed by atoms with Gasteiger partial charge in [-0.15, -0.1) is 0 Å². The SMILES string of the molecule is CO[C@@H]1[C@@H](CO)[C@H](OCc2ccc3ccccc3n2)CCC1(C)C. The van der Waals surface area contributed by atoms with E-state index in [0.717, 1.165) is 29.4 Å². The van der Waals surface area contributed by atoms with Crippen LogP contribution in [0, 0.1) is 11.3 Å². The van der Waals surface area contributed by atoms with E-state index in [1.165, 1.54) is 0 Å². The smallest absolute Gasteiger partial charge is 0.0892 e. The maximum atomic E-state index is 9.86. The molecule has 1 aliphatic rings. The molecule has 4 heteroatoms. The van der Waals surface area contributed by atoms with Crippen LogP contribution in [-0.4, -0.2) is 36.0 Å². The molecule has 0 saturated heterocycles. The number of hydrogen-bond donors (Lipinski definition) is 1. The predicted octanol–water partition coefficient (Wildman–Crippen LogP) is 3.56. The summed E-state index contributed by atoms with van der Waals surface area (Å²) in [4.78, 5) is 4.66. The predicted molar refractivity (Wildman–Crippen MR) is 94.7 cm³/mol. The molecule has 0 aliphatic heterocycles. The van der Waals surface area contributed by atoms with E-state index < -0.39 is 0 Å². The number of nitrogens with zero attached hydrogens (tertiary/aromatic N) is 1. The third kappa shape index (κ3) is 3.46. The van der Waals surface area contributed by atoms with Crippen molar-refractivity contribution < 1.29 is 14.6 Å². The number of methoxy groups -OCH3 is 1. The van der Waals surface area contributed by atoms with E-state index in [0.29, 0.717) is 6.61 Å². The number of pyridine rings is 1. The minimum atomic E-state index is -0.000735. The summed E-state index contributed by atoms with van der Waals surface area (Å²) in [5.41, 5.74) is 1.96. The molecular formula is C20H27NO3. The molecule has 3 atom stereocenters. The number of hydrogen-bond acceptors (Lipinski definition) is 4. The van der Waals surface area contributed by atoms with Crippen molar-refractivity contribution in [1.82, 2.24) is 4.98 Å². The van der Waals surface area contributed by atoms with Gasteiger partial charge < -0.3 is 14.6 Å². The van der Waals surface area contributed by atoms with E-state index in [2.05, 4.69) is 31.0 Å². The lowest BCUT2D eigenvalue weighted by Gasteiger charge is -2.46. The maximum Gasteiger partial charge on any atom is 0.0892 e. The zero-order valence-electron chi connectivity index (χ0n) is 14.7. The molecule has 1 aromatic heterocycles. The summed E-state index contributed by atoms with van der Waals surface area (Å²) in [6.07, 6.45) is 1.97. The van der Waals surface area contributed by atoms with Crippen LogP contribution < -0.4 is 0 Å². The summed E-state index contributed by atoms with van der Waals surface area (Å²) < 4.78 is 11.8. The highest BCUT2D eigenvalue weighted by atomic mass is 16.5. The van der Waals surface area contributed by atoms with Gasteiger partial charge in [-0.3, -0.25) is 4.98 Å². The zero-order valence-corrected chi connectivity index (χ0v) is 14.7. The zero-order chi connectivity index (χ0) is 17.2. The molecule has 0 amide bonds. The largest absolute Gasteiger partial charge is 0.396 e. The third-order valence-corrected chi connectivity index (χ3v) is 5.28. The van der Waals surface area contributed by atoms with E-state index in [1.54, 1.807) is 7.11 Å². The summed E-state index contributed by atoms with van der Waals surface area (Å²) in [6, 6.07) is 12.2. The lowest BCUT2D eigenvalue weighted by molar-refractivity contribution is -0.146. The van der Waals surface area contributed by atoms with Crippen LogP contribution in [0.4, 0.5) is 0 Å². The van der Waals surface area contributed by atoms with Crippen LogP contribution in [0.15, 0.2) is 36.4 Å². The Hall–Kier alpha value is -1.49. The Morgan fingerprint density at radius 3 is 2.75 bits per heavy atom. The molecule has 3 rings (SSSR count). The summed E-state index contributed by atoms with van der Waals surface area (Å²) in [5, 5.41) is 11.0. The third-order valence-electron chi connectivity index (χ3n) is 5.28. The number of aliphatic hydroxyl groups is 1. The number of ether oxygens (including phenoxy) is 2. The molecule has 1 N–H and O–H groups in total.